The van der Waals surface area contributed by atoms with Crippen molar-refractivity contribution in [2.45, 2.75) is 13.3 Å². The molecule has 0 aromatic carbocycles. The van der Waals surface area contributed by atoms with Crippen molar-refractivity contribution in [3.63, 3.8) is 0 Å². The molecule has 33 valence electrons. The summed E-state index contributed by atoms with van der Waals surface area (Å²) in [6.07, 6.45) is 1.13. The van der Waals surface area contributed by atoms with Gasteiger partial charge in [0.25, 0.3) is 0 Å². The molecule has 0 unspecified atom stereocenters. The van der Waals surface area contributed by atoms with Crippen LogP contribution in [-0.4, -0.2) is 6.61 Å². The van der Waals surface area contributed by atoms with Crippen LogP contribution < -0.4 is 0 Å². The third-order valence-electron chi connectivity index (χ3n) is 0.276. The van der Waals surface area contributed by atoms with E-state index in [9.17, 15) is 0 Å². The van der Waals surface area contributed by atoms with Crippen LogP contribution in [0.25, 0.3) is 0 Å². The minimum atomic E-state index is 0.901. The summed E-state index contributed by atoms with van der Waals surface area (Å²) >= 11 is 1.55. The fourth-order valence-corrected chi connectivity index (χ4v) is 0.535. The zero-order chi connectivity index (χ0) is 4.12. The van der Waals surface area contributed by atoms with Crippen LogP contribution in [0.4, 0.5) is 0 Å². The quantitative estimate of drug-likeness (QED) is 0.666. The van der Waals surface area contributed by atoms with E-state index in [2.05, 4.69) is 6.92 Å². The van der Waals surface area contributed by atoms with Crippen molar-refractivity contribution in [1.29, 1.82) is 0 Å². The minimum absolute atomic E-state index is 0.901. The molecule has 0 fully saturated rings. The SMILES string of the molecule is CCC[O][Gd]. The molecule has 0 saturated carbocycles. The first kappa shape index (κ1) is 6.28. The molecule has 0 spiro atoms. The Balaban J connectivity index is 2.19. The Hall–Kier alpha value is 1.28. The number of rotatable bonds is 2. The van der Waals surface area contributed by atoms with E-state index in [1.54, 1.807) is 38.5 Å². The maximum absolute atomic E-state index is 4.72. The van der Waals surface area contributed by atoms with E-state index in [1.807, 2.05) is 0 Å². The first-order chi connectivity index (χ1) is 2.41. The Labute approximate surface area is 59.1 Å². The molecule has 0 bridgehead atoms. The molecule has 0 aromatic heterocycles. The molecule has 0 aromatic rings. The molecular formula is C3H7GdO. The Morgan fingerprint density at radius 3 is 2.40 bits per heavy atom. The summed E-state index contributed by atoms with van der Waals surface area (Å²) < 4.78 is 4.72. The zero-order valence-electron chi connectivity index (χ0n) is 3.18. The fourth-order valence-electron chi connectivity index (χ4n) is 0.0722. The van der Waals surface area contributed by atoms with Crippen LogP contribution in [0, 0.1) is 38.5 Å². The monoisotopic (exact) mass is 217 g/mol. The molecule has 2 heteroatoms. The molecule has 1 nitrogen and oxygen atoms in total. The van der Waals surface area contributed by atoms with Crippen LogP contribution >= 0.6 is 0 Å². The van der Waals surface area contributed by atoms with Gasteiger partial charge in [-0.15, -0.1) is 0 Å². The summed E-state index contributed by atoms with van der Waals surface area (Å²) in [5.74, 6) is 0. The molecule has 0 heterocycles. The third-order valence-corrected chi connectivity index (χ3v) is 0.739. The van der Waals surface area contributed by atoms with E-state index in [4.69, 9.17) is 1.17 Å². The topological polar surface area (TPSA) is 9.23 Å². The van der Waals surface area contributed by atoms with E-state index in [-0.39, 0.29) is 0 Å². The van der Waals surface area contributed by atoms with Crippen LogP contribution in [0.2, 0.25) is 0 Å². The molecular weight excluding hydrogens is 209 g/mol. The predicted molar refractivity (Wildman–Crippen MR) is 16.2 cm³/mol. The van der Waals surface area contributed by atoms with Crippen LogP contribution in [0.15, 0.2) is 0 Å². The Morgan fingerprint density at radius 1 is 1.80 bits per heavy atom. The van der Waals surface area contributed by atoms with Gasteiger partial charge >= 0.3 is 59.6 Å². The van der Waals surface area contributed by atoms with Crippen molar-refractivity contribution in [1.82, 2.24) is 0 Å². The van der Waals surface area contributed by atoms with Crippen molar-refractivity contribution < 1.29 is 39.7 Å². The van der Waals surface area contributed by atoms with Crippen molar-refractivity contribution >= 4 is 0 Å². The van der Waals surface area contributed by atoms with Crippen LogP contribution in [0.1, 0.15) is 13.3 Å². The molecule has 0 saturated heterocycles. The third kappa shape index (κ3) is 5.28. The van der Waals surface area contributed by atoms with Gasteiger partial charge in [-0.2, -0.15) is 0 Å². The first-order valence-electron chi connectivity index (χ1n) is 1.64. The standard InChI is InChI=1S/C3H7O.Gd/c1-2-3-4;/h2-3H2,1H3;/q-1;+1. The van der Waals surface area contributed by atoms with Gasteiger partial charge in [-0.1, -0.05) is 0 Å². The van der Waals surface area contributed by atoms with Crippen molar-refractivity contribution in [3.8, 4) is 0 Å². The summed E-state index contributed by atoms with van der Waals surface area (Å²) in [4.78, 5) is 0. The average Bonchev–Trinajstić information content (AvgIpc) is 1.41. The van der Waals surface area contributed by atoms with E-state index in [0.29, 0.717) is 0 Å². The molecule has 5 heavy (non-hydrogen) atoms. The molecule has 0 aliphatic rings. The van der Waals surface area contributed by atoms with Crippen LogP contribution in [0.3, 0.4) is 0 Å². The van der Waals surface area contributed by atoms with Gasteiger partial charge in [-0.3, -0.25) is 0 Å². The Morgan fingerprint density at radius 2 is 2.40 bits per heavy atom. The second-order valence-corrected chi connectivity index (χ2v) is 1.46. The van der Waals surface area contributed by atoms with E-state index < -0.39 is 0 Å². The molecule has 0 rings (SSSR count). The molecule has 0 aliphatic carbocycles. The van der Waals surface area contributed by atoms with Crippen LogP contribution in [-0.2, 0) is 1.17 Å². The summed E-state index contributed by atoms with van der Waals surface area (Å²) in [5, 5.41) is 0. The van der Waals surface area contributed by atoms with E-state index in [0.717, 1.165) is 13.0 Å². The number of hydrogen-bond donors (Lipinski definition) is 0. The van der Waals surface area contributed by atoms with E-state index >= 15 is 0 Å². The summed E-state index contributed by atoms with van der Waals surface area (Å²) in [5.41, 5.74) is 0. The van der Waals surface area contributed by atoms with Gasteiger partial charge in [-0.05, 0) is 0 Å². The Kier molecular flexibility index (Phi) is 6.64. The Bertz CT molecular complexity index is 14.4. The number of hydrogen-bond acceptors (Lipinski definition) is 1. The second kappa shape index (κ2) is 5.28. The molecule has 0 amide bonds. The maximum atomic E-state index is 4.72. The van der Waals surface area contributed by atoms with Gasteiger partial charge in [-0.25, -0.2) is 0 Å². The second-order valence-electron chi connectivity index (χ2n) is 0.806. The summed E-state index contributed by atoms with van der Waals surface area (Å²) in [7, 11) is 0. The first-order valence-corrected chi connectivity index (χ1v) is 2.57. The zero-order valence-corrected chi connectivity index (χ0v) is 5.44. The van der Waals surface area contributed by atoms with Gasteiger partial charge < -0.3 is 0 Å². The van der Waals surface area contributed by atoms with Gasteiger partial charge in [0.2, 0.25) is 0 Å². The average molecular weight is 216 g/mol. The molecule has 0 radical (unpaired) electrons. The van der Waals surface area contributed by atoms with E-state index in [1.165, 1.54) is 0 Å². The normalized spacial score (nSPS) is 8.40. The molecule has 0 N–H and O–H groups in total. The molecule has 0 aliphatic heterocycles. The van der Waals surface area contributed by atoms with Crippen molar-refractivity contribution in [2.24, 2.45) is 0 Å². The molecule has 0 atom stereocenters. The summed E-state index contributed by atoms with van der Waals surface area (Å²) in [6.45, 7) is 2.99. The van der Waals surface area contributed by atoms with Gasteiger partial charge in [0, 0.05) is 0 Å². The van der Waals surface area contributed by atoms with Gasteiger partial charge in [0.05, 0.1) is 0 Å². The van der Waals surface area contributed by atoms with Gasteiger partial charge in [0.15, 0.2) is 0 Å². The predicted octanol–water partition coefficient (Wildman–Crippen LogP) is 0.877. The van der Waals surface area contributed by atoms with Gasteiger partial charge in [0.1, 0.15) is 0 Å². The summed E-state index contributed by atoms with van der Waals surface area (Å²) in [6, 6.07) is 0. The van der Waals surface area contributed by atoms with Crippen molar-refractivity contribution in [3.05, 3.63) is 0 Å². The van der Waals surface area contributed by atoms with Crippen molar-refractivity contribution in [2.75, 3.05) is 6.61 Å². The fraction of sp³-hybridized carbons (Fsp3) is 1.00. The van der Waals surface area contributed by atoms with Crippen LogP contribution in [0.5, 0.6) is 0 Å².